The minimum absolute atomic E-state index is 0.598. The summed E-state index contributed by atoms with van der Waals surface area (Å²) in [5.74, 6) is 1.23. The maximum absolute atomic E-state index is 11.1. The highest BCUT2D eigenvalue weighted by atomic mass is 16.5. The van der Waals surface area contributed by atoms with Crippen molar-refractivity contribution >= 4 is 11.8 Å². The molecule has 0 saturated carbocycles. The number of aliphatic hydroxyl groups is 1. The SMILES string of the molecule is COc1ccc2c(c1OC)C(O)N1CCc3cc4c(cc3C1=C2)COC4. The van der Waals surface area contributed by atoms with Crippen molar-refractivity contribution in [3.63, 3.8) is 0 Å². The Balaban J connectivity index is 1.70. The van der Waals surface area contributed by atoms with Gasteiger partial charge >= 0.3 is 0 Å². The van der Waals surface area contributed by atoms with Gasteiger partial charge in [0.1, 0.15) is 0 Å². The third-order valence-corrected chi connectivity index (χ3v) is 5.61. The van der Waals surface area contributed by atoms with Crippen LogP contribution in [0.3, 0.4) is 0 Å². The molecule has 3 aliphatic rings. The zero-order chi connectivity index (χ0) is 17.8. The fraction of sp³-hybridized carbons (Fsp3) is 0.333. The van der Waals surface area contributed by atoms with Crippen molar-refractivity contribution in [2.45, 2.75) is 25.9 Å². The molecule has 1 N–H and O–H groups in total. The summed E-state index contributed by atoms with van der Waals surface area (Å²) in [5.41, 5.74) is 7.86. The van der Waals surface area contributed by atoms with E-state index in [0.29, 0.717) is 24.7 Å². The van der Waals surface area contributed by atoms with Crippen LogP contribution in [0.5, 0.6) is 11.5 Å². The average Bonchev–Trinajstić information content (AvgIpc) is 3.12. The Morgan fingerprint density at radius 3 is 2.65 bits per heavy atom. The van der Waals surface area contributed by atoms with Crippen LogP contribution >= 0.6 is 0 Å². The van der Waals surface area contributed by atoms with Gasteiger partial charge in [-0.1, -0.05) is 12.1 Å². The van der Waals surface area contributed by atoms with Gasteiger partial charge in [0, 0.05) is 17.8 Å². The molecule has 5 rings (SSSR count). The van der Waals surface area contributed by atoms with Gasteiger partial charge < -0.3 is 24.2 Å². The molecule has 5 heteroatoms. The second-order valence-corrected chi connectivity index (χ2v) is 6.92. The van der Waals surface area contributed by atoms with E-state index >= 15 is 0 Å². The van der Waals surface area contributed by atoms with Gasteiger partial charge in [0.15, 0.2) is 17.7 Å². The molecule has 2 aromatic rings. The van der Waals surface area contributed by atoms with E-state index in [1.54, 1.807) is 14.2 Å². The number of aliphatic hydroxyl groups excluding tert-OH is 1. The monoisotopic (exact) mass is 351 g/mol. The van der Waals surface area contributed by atoms with Crippen LogP contribution in [-0.2, 0) is 24.4 Å². The zero-order valence-corrected chi connectivity index (χ0v) is 14.9. The van der Waals surface area contributed by atoms with Crippen molar-refractivity contribution in [1.29, 1.82) is 0 Å². The maximum Gasteiger partial charge on any atom is 0.169 e. The minimum atomic E-state index is -0.757. The van der Waals surface area contributed by atoms with E-state index in [1.807, 2.05) is 12.1 Å². The molecule has 2 aromatic carbocycles. The molecule has 26 heavy (non-hydrogen) atoms. The first kappa shape index (κ1) is 15.7. The van der Waals surface area contributed by atoms with Crippen LogP contribution in [0.25, 0.3) is 11.8 Å². The lowest BCUT2D eigenvalue weighted by molar-refractivity contribution is 0.0394. The molecule has 0 amide bonds. The summed E-state index contributed by atoms with van der Waals surface area (Å²) >= 11 is 0. The number of ether oxygens (including phenoxy) is 3. The van der Waals surface area contributed by atoms with E-state index < -0.39 is 6.23 Å². The number of methoxy groups -OCH3 is 2. The fourth-order valence-corrected chi connectivity index (χ4v) is 4.32. The number of hydrogen-bond acceptors (Lipinski definition) is 5. The van der Waals surface area contributed by atoms with E-state index in [4.69, 9.17) is 14.2 Å². The second kappa shape index (κ2) is 5.76. The molecule has 0 saturated heterocycles. The Morgan fingerprint density at radius 1 is 1.08 bits per heavy atom. The third-order valence-electron chi connectivity index (χ3n) is 5.61. The van der Waals surface area contributed by atoms with Gasteiger partial charge in [-0.25, -0.2) is 0 Å². The number of rotatable bonds is 2. The smallest absolute Gasteiger partial charge is 0.169 e. The molecule has 3 heterocycles. The summed E-state index contributed by atoms with van der Waals surface area (Å²) in [6.45, 7) is 2.13. The fourth-order valence-electron chi connectivity index (χ4n) is 4.32. The molecular weight excluding hydrogens is 330 g/mol. The van der Waals surface area contributed by atoms with Gasteiger partial charge in [-0.2, -0.15) is 0 Å². The topological polar surface area (TPSA) is 51.2 Å². The molecule has 0 fully saturated rings. The van der Waals surface area contributed by atoms with Crippen LogP contribution in [0.15, 0.2) is 24.3 Å². The lowest BCUT2D eigenvalue weighted by atomic mass is 9.87. The van der Waals surface area contributed by atoms with Crippen LogP contribution in [0, 0.1) is 0 Å². The number of benzene rings is 2. The van der Waals surface area contributed by atoms with Crippen LogP contribution in [0.1, 0.15) is 39.6 Å². The Morgan fingerprint density at radius 2 is 1.88 bits per heavy atom. The van der Waals surface area contributed by atoms with Crippen molar-refractivity contribution in [3.8, 4) is 11.5 Å². The van der Waals surface area contributed by atoms with Gasteiger partial charge in [0.05, 0.1) is 33.0 Å². The van der Waals surface area contributed by atoms with Gasteiger partial charge in [0.25, 0.3) is 0 Å². The number of hydrogen-bond donors (Lipinski definition) is 1. The van der Waals surface area contributed by atoms with Crippen molar-refractivity contribution in [2.75, 3.05) is 20.8 Å². The predicted octanol–water partition coefficient (Wildman–Crippen LogP) is 3.09. The van der Waals surface area contributed by atoms with Crippen molar-refractivity contribution < 1.29 is 19.3 Å². The van der Waals surface area contributed by atoms with Gasteiger partial charge in [-0.15, -0.1) is 0 Å². The summed E-state index contributed by atoms with van der Waals surface area (Å²) in [6.07, 6.45) is 2.29. The molecule has 134 valence electrons. The van der Waals surface area contributed by atoms with Gasteiger partial charge in [-0.3, -0.25) is 0 Å². The first-order valence-electron chi connectivity index (χ1n) is 8.85. The Bertz CT molecular complexity index is 934. The molecule has 1 unspecified atom stereocenters. The largest absolute Gasteiger partial charge is 0.493 e. The van der Waals surface area contributed by atoms with E-state index in [1.165, 1.54) is 22.3 Å². The third kappa shape index (κ3) is 2.11. The normalized spacial score (nSPS) is 19.9. The summed E-state index contributed by atoms with van der Waals surface area (Å²) in [5, 5.41) is 11.1. The van der Waals surface area contributed by atoms with E-state index in [0.717, 1.165) is 29.8 Å². The van der Waals surface area contributed by atoms with Crippen LogP contribution < -0.4 is 9.47 Å². The second-order valence-electron chi connectivity index (χ2n) is 6.92. The van der Waals surface area contributed by atoms with Crippen molar-refractivity contribution in [3.05, 3.63) is 57.6 Å². The van der Waals surface area contributed by atoms with E-state index in [-0.39, 0.29) is 0 Å². The quantitative estimate of drug-likeness (QED) is 0.901. The van der Waals surface area contributed by atoms with Gasteiger partial charge in [0.2, 0.25) is 0 Å². The maximum atomic E-state index is 11.1. The summed E-state index contributed by atoms with van der Waals surface area (Å²) in [7, 11) is 3.22. The minimum Gasteiger partial charge on any atom is -0.493 e. The highest BCUT2D eigenvalue weighted by Gasteiger charge is 2.35. The molecular formula is C21H21NO4. The molecule has 5 nitrogen and oxygen atoms in total. The molecule has 1 atom stereocenters. The Labute approximate surface area is 152 Å². The Hall–Kier alpha value is -2.50. The highest BCUT2D eigenvalue weighted by molar-refractivity contribution is 5.87. The highest BCUT2D eigenvalue weighted by Crippen LogP contribution is 2.47. The first-order valence-corrected chi connectivity index (χ1v) is 8.85. The molecule has 0 radical (unpaired) electrons. The summed E-state index contributed by atoms with van der Waals surface area (Å²) in [4.78, 5) is 2.05. The van der Waals surface area contributed by atoms with E-state index in [2.05, 4.69) is 23.1 Å². The zero-order valence-electron chi connectivity index (χ0n) is 14.9. The summed E-state index contributed by atoms with van der Waals surface area (Å²) in [6, 6.07) is 8.37. The van der Waals surface area contributed by atoms with Gasteiger partial charge in [-0.05, 0) is 46.9 Å². The van der Waals surface area contributed by atoms with E-state index in [9.17, 15) is 5.11 Å². The molecule has 0 spiro atoms. The van der Waals surface area contributed by atoms with Crippen molar-refractivity contribution in [2.24, 2.45) is 0 Å². The summed E-state index contributed by atoms with van der Waals surface area (Å²) < 4.78 is 16.6. The van der Waals surface area contributed by atoms with Crippen LogP contribution in [-0.4, -0.2) is 30.8 Å². The molecule has 0 aliphatic carbocycles. The van der Waals surface area contributed by atoms with Crippen LogP contribution in [0.4, 0.5) is 0 Å². The first-order chi connectivity index (χ1) is 12.7. The lowest BCUT2D eigenvalue weighted by Crippen LogP contribution is -2.35. The molecule has 3 aliphatic heterocycles. The number of fused-ring (bicyclic) bond motifs is 5. The standard InChI is InChI=1S/C21H21NO4/c1-24-18-4-3-13-9-17-16-8-15-11-26-10-14(15)7-12(16)5-6-22(17)21(23)19(13)20(18)25-2/h3-4,7-9,21,23H,5-6,10-11H2,1-2H3. The van der Waals surface area contributed by atoms with Crippen molar-refractivity contribution in [1.82, 2.24) is 4.90 Å². The lowest BCUT2D eigenvalue weighted by Gasteiger charge is -2.41. The molecule has 0 bridgehead atoms. The molecule has 0 aromatic heterocycles. The Kier molecular flexibility index (Phi) is 3.48. The average molecular weight is 351 g/mol. The predicted molar refractivity (Wildman–Crippen MR) is 97.7 cm³/mol. The number of nitrogens with zero attached hydrogens (tertiary/aromatic N) is 1. The van der Waals surface area contributed by atoms with Crippen LogP contribution in [0.2, 0.25) is 0 Å².